The van der Waals surface area contributed by atoms with E-state index in [-0.39, 0.29) is 5.97 Å². The van der Waals surface area contributed by atoms with Gasteiger partial charge in [-0.25, -0.2) is 4.79 Å². The van der Waals surface area contributed by atoms with Crippen LogP contribution in [-0.2, 0) is 24.4 Å². The van der Waals surface area contributed by atoms with E-state index in [0.717, 1.165) is 28.6 Å². The molecule has 0 spiro atoms. The number of hydrogen-bond acceptors (Lipinski definition) is 6. The summed E-state index contributed by atoms with van der Waals surface area (Å²) < 4.78 is 21.8. The highest BCUT2D eigenvalue weighted by Gasteiger charge is 2.31. The van der Waals surface area contributed by atoms with Crippen LogP contribution >= 0.6 is 15.9 Å². The van der Waals surface area contributed by atoms with Crippen LogP contribution in [0, 0.1) is 0 Å². The smallest absolute Gasteiger partial charge is 0.409 e. The van der Waals surface area contributed by atoms with Gasteiger partial charge in [0.05, 0.1) is 23.1 Å². The second kappa shape index (κ2) is 12.1. The molecule has 33 heavy (non-hydrogen) atoms. The molecule has 0 radical (unpaired) electrons. The van der Waals surface area contributed by atoms with Crippen molar-refractivity contribution in [1.82, 2.24) is 5.32 Å². The Balaban J connectivity index is 0.000000366. The summed E-state index contributed by atoms with van der Waals surface area (Å²) in [5, 5.41) is 2.58. The Kier molecular flexibility index (Phi) is 10.7. The van der Waals surface area contributed by atoms with Crippen LogP contribution in [0.4, 0.5) is 4.79 Å². The molecule has 0 bridgehead atoms. The quantitative estimate of drug-likeness (QED) is 0.353. The predicted molar refractivity (Wildman–Crippen MR) is 133 cm³/mol. The molecule has 1 amide bonds. The third-order valence-electron chi connectivity index (χ3n) is 5.26. The van der Waals surface area contributed by atoms with Gasteiger partial charge < -0.3 is 18.9 Å². The summed E-state index contributed by atoms with van der Waals surface area (Å²) in [7, 11) is 2.94. The summed E-state index contributed by atoms with van der Waals surface area (Å²) in [4.78, 5) is 23.1. The van der Waals surface area contributed by atoms with Crippen molar-refractivity contribution in [3.05, 3.63) is 28.2 Å². The number of benzene rings is 1. The first-order valence-corrected chi connectivity index (χ1v) is 12.0. The minimum atomic E-state index is -0.692. The fourth-order valence-electron chi connectivity index (χ4n) is 3.14. The minimum Gasteiger partial charge on any atom is -0.489 e. The lowest BCUT2D eigenvalue weighted by Gasteiger charge is -2.27. The highest BCUT2D eigenvalue weighted by atomic mass is 79.9. The lowest BCUT2D eigenvalue weighted by atomic mass is 9.85. The fraction of sp³-hybridized carbons (Fsp3) is 0.680. The number of rotatable bonds is 6. The molecule has 188 valence electrons. The molecule has 0 saturated heterocycles. The predicted octanol–water partition coefficient (Wildman–Crippen LogP) is 6.11. The summed E-state index contributed by atoms with van der Waals surface area (Å²) in [6, 6.07) is 5.82. The maximum absolute atomic E-state index is 11.8. The topological polar surface area (TPSA) is 83.1 Å². The van der Waals surface area contributed by atoms with Crippen LogP contribution in [-0.4, -0.2) is 43.7 Å². The zero-order chi connectivity index (χ0) is 25.4. The SMILES string of the molecule is COC(=O)C(C)(C)c1ccc(OC2CCCC2)c(Br)c1.COC(C)(C)NC(=O)OC(C)(C)C. The van der Waals surface area contributed by atoms with Crippen molar-refractivity contribution in [2.45, 2.75) is 97.0 Å². The monoisotopic (exact) mass is 529 g/mol. The van der Waals surface area contributed by atoms with Gasteiger partial charge in [0, 0.05) is 7.11 Å². The largest absolute Gasteiger partial charge is 0.489 e. The second-order valence-corrected chi connectivity index (χ2v) is 11.0. The average Bonchev–Trinajstić information content (AvgIpc) is 3.20. The van der Waals surface area contributed by atoms with Crippen molar-refractivity contribution in [3.63, 3.8) is 0 Å². The van der Waals surface area contributed by atoms with E-state index in [1.54, 1.807) is 13.8 Å². The average molecular weight is 531 g/mol. The molecular weight excluding hydrogens is 490 g/mol. The van der Waals surface area contributed by atoms with Crippen molar-refractivity contribution < 1.29 is 28.5 Å². The third kappa shape index (κ3) is 9.92. The molecule has 0 heterocycles. The van der Waals surface area contributed by atoms with E-state index in [1.807, 2.05) is 52.8 Å². The van der Waals surface area contributed by atoms with Gasteiger partial charge in [0.15, 0.2) is 0 Å². The molecule has 1 aromatic rings. The number of carbonyl (C=O) groups excluding carboxylic acids is 2. The van der Waals surface area contributed by atoms with Crippen molar-refractivity contribution in [3.8, 4) is 5.75 Å². The van der Waals surface area contributed by atoms with Crippen LogP contribution in [0.3, 0.4) is 0 Å². The number of ether oxygens (including phenoxy) is 4. The van der Waals surface area contributed by atoms with E-state index in [4.69, 9.17) is 18.9 Å². The molecule has 1 aliphatic rings. The summed E-state index contributed by atoms with van der Waals surface area (Å²) >= 11 is 3.54. The molecule has 7 nitrogen and oxygen atoms in total. The van der Waals surface area contributed by atoms with Gasteiger partial charge in [-0.05, 0) is 108 Å². The first kappa shape index (κ1) is 29.2. The van der Waals surface area contributed by atoms with E-state index in [0.29, 0.717) is 6.10 Å². The highest BCUT2D eigenvalue weighted by Crippen LogP contribution is 2.34. The third-order valence-corrected chi connectivity index (χ3v) is 5.88. The number of methoxy groups -OCH3 is 2. The van der Waals surface area contributed by atoms with Gasteiger partial charge in [0.25, 0.3) is 0 Å². The molecule has 1 N–H and O–H groups in total. The first-order valence-electron chi connectivity index (χ1n) is 11.2. The summed E-state index contributed by atoms with van der Waals surface area (Å²) in [6.07, 6.45) is 4.60. The maximum atomic E-state index is 11.8. The first-order chi connectivity index (χ1) is 15.1. The Morgan fingerprint density at radius 1 is 1.00 bits per heavy atom. The molecule has 0 atom stereocenters. The number of amides is 1. The number of halogens is 1. The Hall–Kier alpha value is -1.80. The number of nitrogens with one attached hydrogen (secondary N) is 1. The molecule has 8 heteroatoms. The van der Waals surface area contributed by atoms with Crippen molar-refractivity contribution >= 4 is 28.0 Å². The number of esters is 1. The number of alkyl carbamates (subject to hydrolysis) is 1. The molecule has 1 aliphatic carbocycles. The summed E-state index contributed by atoms with van der Waals surface area (Å²) in [5.41, 5.74) is -0.922. The van der Waals surface area contributed by atoms with Gasteiger partial charge in [-0.3, -0.25) is 10.1 Å². The fourth-order valence-corrected chi connectivity index (χ4v) is 3.62. The Bertz CT molecular complexity index is 795. The Morgan fingerprint density at radius 2 is 1.58 bits per heavy atom. The van der Waals surface area contributed by atoms with Gasteiger partial charge in [-0.2, -0.15) is 0 Å². The number of carbonyl (C=O) groups is 2. The lowest BCUT2D eigenvalue weighted by molar-refractivity contribution is -0.146. The summed E-state index contributed by atoms with van der Waals surface area (Å²) in [5.74, 6) is 0.607. The molecule has 0 aliphatic heterocycles. The molecule has 2 rings (SSSR count). The molecule has 1 saturated carbocycles. The van der Waals surface area contributed by atoms with Crippen molar-refractivity contribution in [2.75, 3.05) is 14.2 Å². The van der Waals surface area contributed by atoms with E-state index >= 15 is 0 Å². The molecule has 0 aromatic heterocycles. The second-order valence-electron chi connectivity index (χ2n) is 10.1. The van der Waals surface area contributed by atoms with E-state index in [1.165, 1.54) is 27.1 Å². The molecule has 1 aromatic carbocycles. The van der Waals surface area contributed by atoms with E-state index in [9.17, 15) is 9.59 Å². The van der Waals surface area contributed by atoms with Crippen LogP contribution in [0.2, 0.25) is 0 Å². The van der Waals surface area contributed by atoms with E-state index < -0.39 is 22.8 Å². The summed E-state index contributed by atoms with van der Waals surface area (Å²) in [6.45, 7) is 12.6. The Labute approximate surface area is 207 Å². The van der Waals surface area contributed by atoms with Crippen LogP contribution in [0.1, 0.15) is 79.7 Å². The molecular formula is C25H40BrNO6. The molecule has 1 fully saturated rings. The standard InChI is InChI=1S/C16H21BrO3.C9H19NO3/c1-16(2,15(18)19-3)11-8-9-14(13(17)10-11)20-12-6-4-5-7-12;1-8(2,3)13-7(11)10-9(4,5)12-6/h8-10,12H,4-7H2,1-3H3;1-6H3,(H,10,11). The van der Waals surface area contributed by atoms with Gasteiger partial charge >= 0.3 is 12.1 Å². The Morgan fingerprint density at radius 3 is 2.03 bits per heavy atom. The number of hydrogen-bond donors (Lipinski definition) is 1. The van der Waals surface area contributed by atoms with Crippen molar-refractivity contribution in [2.24, 2.45) is 0 Å². The van der Waals surface area contributed by atoms with Crippen molar-refractivity contribution in [1.29, 1.82) is 0 Å². The van der Waals surface area contributed by atoms with Crippen LogP contribution in [0.15, 0.2) is 22.7 Å². The molecule has 0 unspecified atom stereocenters. The van der Waals surface area contributed by atoms with Gasteiger partial charge in [0.2, 0.25) is 0 Å². The van der Waals surface area contributed by atoms with Gasteiger partial charge in [-0.1, -0.05) is 6.07 Å². The van der Waals surface area contributed by atoms with Crippen LogP contribution < -0.4 is 10.1 Å². The van der Waals surface area contributed by atoms with Gasteiger partial charge in [-0.15, -0.1) is 0 Å². The van der Waals surface area contributed by atoms with E-state index in [2.05, 4.69) is 21.2 Å². The normalized spacial score (nSPS) is 14.7. The lowest BCUT2D eigenvalue weighted by Crippen LogP contribution is -2.46. The maximum Gasteiger partial charge on any atom is 0.409 e. The zero-order valence-electron chi connectivity index (χ0n) is 21.5. The van der Waals surface area contributed by atoms with Gasteiger partial charge in [0.1, 0.15) is 17.1 Å². The van der Waals surface area contributed by atoms with Crippen LogP contribution in [0.25, 0.3) is 0 Å². The minimum absolute atomic E-state index is 0.242. The zero-order valence-corrected chi connectivity index (χ0v) is 23.1. The van der Waals surface area contributed by atoms with Crippen LogP contribution in [0.5, 0.6) is 5.75 Å². The highest BCUT2D eigenvalue weighted by molar-refractivity contribution is 9.10.